The standard InChI is InChI=1S/C18H16N8O3/c1-25(10-16-21-18(22-29-16)13-6-8-19-9-7-13)17(27)11-28-15-4-2-14(3-5-15)26-12-20-23-24-26/h2-9,12H,10-11H2,1H3. The smallest absolute Gasteiger partial charge is 0.260 e. The minimum atomic E-state index is -0.224. The molecule has 3 aromatic heterocycles. The molecule has 0 radical (unpaired) electrons. The third kappa shape index (κ3) is 4.40. The van der Waals surface area contributed by atoms with E-state index in [2.05, 4.69) is 30.7 Å². The number of aromatic nitrogens is 7. The minimum Gasteiger partial charge on any atom is -0.484 e. The van der Waals surface area contributed by atoms with Crippen LogP contribution in [-0.4, -0.2) is 59.8 Å². The Bertz CT molecular complexity index is 1060. The van der Waals surface area contributed by atoms with Crippen LogP contribution < -0.4 is 4.74 Å². The first-order chi connectivity index (χ1) is 14.2. The number of pyridine rings is 1. The Morgan fingerprint density at radius 3 is 2.69 bits per heavy atom. The highest BCUT2D eigenvalue weighted by atomic mass is 16.5. The van der Waals surface area contributed by atoms with Gasteiger partial charge in [0.25, 0.3) is 5.91 Å². The molecule has 146 valence electrons. The summed E-state index contributed by atoms with van der Waals surface area (Å²) in [5.41, 5.74) is 1.57. The molecule has 11 heteroatoms. The number of carbonyl (C=O) groups is 1. The van der Waals surface area contributed by atoms with Crippen molar-refractivity contribution >= 4 is 5.91 Å². The fourth-order valence-corrected chi connectivity index (χ4v) is 2.46. The summed E-state index contributed by atoms with van der Waals surface area (Å²) >= 11 is 0. The Morgan fingerprint density at radius 2 is 1.97 bits per heavy atom. The lowest BCUT2D eigenvalue weighted by Crippen LogP contribution is -2.31. The van der Waals surface area contributed by atoms with Crippen molar-refractivity contribution in [3.8, 4) is 22.8 Å². The Labute approximate surface area is 164 Å². The number of rotatable bonds is 7. The Morgan fingerprint density at radius 1 is 1.17 bits per heavy atom. The topological polar surface area (TPSA) is 125 Å². The van der Waals surface area contributed by atoms with Crippen LogP contribution in [0.1, 0.15) is 5.89 Å². The SMILES string of the molecule is CN(Cc1nc(-c2ccncc2)no1)C(=O)COc1ccc(-n2cnnn2)cc1. The molecule has 0 atom stereocenters. The zero-order chi connectivity index (χ0) is 20.1. The first-order valence-corrected chi connectivity index (χ1v) is 8.62. The van der Waals surface area contributed by atoms with E-state index in [1.54, 1.807) is 55.8 Å². The fourth-order valence-electron chi connectivity index (χ4n) is 2.46. The molecule has 3 heterocycles. The maximum atomic E-state index is 12.3. The van der Waals surface area contributed by atoms with Gasteiger partial charge in [0, 0.05) is 25.0 Å². The zero-order valence-electron chi connectivity index (χ0n) is 15.4. The molecule has 0 aliphatic heterocycles. The second-order valence-corrected chi connectivity index (χ2v) is 6.03. The van der Waals surface area contributed by atoms with Crippen molar-refractivity contribution in [3.63, 3.8) is 0 Å². The number of tetrazole rings is 1. The Balaban J connectivity index is 1.30. The van der Waals surface area contributed by atoms with Crippen LogP contribution in [0.5, 0.6) is 5.75 Å². The quantitative estimate of drug-likeness (QED) is 0.455. The van der Waals surface area contributed by atoms with Gasteiger partial charge in [-0.3, -0.25) is 9.78 Å². The molecule has 0 saturated carbocycles. The third-order valence-electron chi connectivity index (χ3n) is 4.02. The molecule has 11 nitrogen and oxygen atoms in total. The van der Waals surface area contributed by atoms with Crippen LogP contribution in [0, 0.1) is 0 Å². The van der Waals surface area contributed by atoms with Crippen LogP contribution in [0.3, 0.4) is 0 Å². The average molecular weight is 392 g/mol. The largest absolute Gasteiger partial charge is 0.484 e. The van der Waals surface area contributed by atoms with Crippen molar-refractivity contribution in [1.29, 1.82) is 0 Å². The molecule has 0 aliphatic carbocycles. The van der Waals surface area contributed by atoms with Crippen LogP contribution >= 0.6 is 0 Å². The summed E-state index contributed by atoms with van der Waals surface area (Å²) in [5.74, 6) is 1.11. The van der Waals surface area contributed by atoms with Crippen molar-refractivity contribution in [1.82, 2.24) is 40.2 Å². The van der Waals surface area contributed by atoms with E-state index in [1.807, 2.05) is 0 Å². The third-order valence-corrected chi connectivity index (χ3v) is 4.02. The normalized spacial score (nSPS) is 10.7. The fraction of sp³-hybridized carbons (Fsp3) is 0.167. The molecule has 0 N–H and O–H groups in total. The van der Waals surface area contributed by atoms with Crippen molar-refractivity contribution in [3.05, 3.63) is 61.0 Å². The summed E-state index contributed by atoms with van der Waals surface area (Å²) in [4.78, 5) is 22.0. The van der Waals surface area contributed by atoms with Crippen molar-refractivity contribution in [2.45, 2.75) is 6.54 Å². The zero-order valence-corrected chi connectivity index (χ0v) is 15.4. The van der Waals surface area contributed by atoms with Crippen molar-refractivity contribution < 1.29 is 14.1 Å². The predicted molar refractivity (Wildman–Crippen MR) is 98.7 cm³/mol. The number of nitrogens with zero attached hydrogens (tertiary/aromatic N) is 8. The molecular formula is C18H16N8O3. The average Bonchev–Trinajstić information content (AvgIpc) is 3.45. The van der Waals surface area contributed by atoms with Gasteiger partial charge in [-0.05, 0) is 46.8 Å². The van der Waals surface area contributed by atoms with E-state index in [-0.39, 0.29) is 19.1 Å². The number of amides is 1. The van der Waals surface area contributed by atoms with Crippen LogP contribution in [-0.2, 0) is 11.3 Å². The van der Waals surface area contributed by atoms with Gasteiger partial charge in [-0.2, -0.15) is 4.98 Å². The van der Waals surface area contributed by atoms with E-state index in [0.717, 1.165) is 11.3 Å². The second-order valence-electron chi connectivity index (χ2n) is 6.03. The molecule has 0 saturated heterocycles. The number of likely N-dealkylation sites (N-methyl/N-ethyl adjacent to an activating group) is 1. The lowest BCUT2D eigenvalue weighted by Gasteiger charge is -2.15. The maximum absolute atomic E-state index is 12.3. The highest BCUT2D eigenvalue weighted by Gasteiger charge is 2.15. The van der Waals surface area contributed by atoms with Crippen LogP contribution in [0.15, 0.2) is 59.6 Å². The minimum absolute atomic E-state index is 0.119. The number of carbonyl (C=O) groups excluding carboxylic acids is 1. The van der Waals surface area contributed by atoms with Gasteiger partial charge in [0.05, 0.1) is 12.2 Å². The molecule has 4 rings (SSSR count). The second kappa shape index (κ2) is 8.25. The summed E-state index contributed by atoms with van der Waals surface area (Å²) in [6.07, 6.45) is 4.79. The molecule has 1 amide bonds. The predicted octanol–water partition coefficient (Wildman–Crippen LogP) is 1.14. The van der Waals surface area contributed by atoms with E-state index in [4.69, 9.17) is 9.26 Å². The van der Waals surface area contributed by atoms with Crippen LogP contribution in [0.2, 0.25) is 0 Å². The molecule has 29 heavy (non-hydrogen) atoms. The molecular weight excluding hydrogens is 376 g/mol. The van der Waals surface area contributed by atoms with Gasteiger partial charge in [-0.25, -0.2) is 4.68 Å². The van der Waals surface area contributed by atoms with Crippen LogP contribution in [0.25, 0.3) is 17.1 Å². The summed E-state index contributed by atoms with van der Waals surface area (Å²) < 4.78 is 12.3. The van der Waals surface area contributed by atoms with Gasteiger partial charge in [0.15, 0.2) is 6.61 Å². The van der Waals surface area contributed by atoms with Gasteiger partial charge in [-0.15, -0.1) is 5.10 Å². The molecule has 4 aromatic rings. The number of hydrogen-bond acceptors (Lipinski definition) is 9. The maximum Gasteiger partial charge on any atom is 0.260 e. The molecule has 0 unspecified atom stereocenters. The molecule has 0 bridgehead atoms. The highest BCUT2D eigenvalue weighted by molar-refractivity contribution is 5.77. The Hall–Kier alpha value is -4.15. The number of ether oxygens (including phenoxy) is 1. The van der Waals surface area contributed by atoms with E-state index in [1.165, 1.54) is 15.9 Å². The summed E-state index contributed by atoms with van der Waals surface area (Å²) in [7, 11) is 1.64. The van der Waals surface area contributed by atoms with Gasteiger partial charge in [-0.1, -0.05) is 5.16 Å². The molecule has 0 aliphatic rings. The van der Waals surface area contributed by atoms with Gasteiger partial charge >= 0.3 is 0 Å². The molecule has 1 aromatic carbocycles. The first-order valence-electron chi connectivity index (χ1n) is 8.62. The van der Waals surface area contributed by atoms with E-state index >= 15 is 0 Å². The van der Waals surface area contributed by atoms with Gasteiger partial charge < -0.3 is 14.2 Å². The van der Waals surface area contributed by atoms with E-state index < -0.39 is 0 Å². The Kier molecular flexibility index (Phi) is 5.18. The highest BCUT2D eigenvalue weighted by Crippen LogP contribution is 2.16. The molecule has 0 fully saturated rings. The lowest BCUT2D eigenvalue weighted by atomic mass is 10.2. The summed E-state index contributed by atoms with van der Waals surface area (Å²) in [6, 6.07) is 10.6. The number of hydrogen-bond donors (Lipinski definition) is 0. The van der Waals surface area contributed by atoms with Gasteiger partial charge in [0.1, 0.15) is 12.1 Å². The van der Waals surface area contributed by atoms with Gasteiger partial charge in [0.2, 0.25) is 11.7 Å². The molecule has 0 spiro atoms. The first kappa shape index (κ1) is 18.2. The summed E-state index contributed by atoms with van der Waals surface area (Å²) in [5, 5.41) is 14.9. The lowest BCUT2D eigenvalue weighted by molar-refractivity contribution is -0.132. The van der Waals surface area contributed by atoms with E-state index in [0.29, 0.717) is 17.5 Å². The summed E-state index contributed by atoms with van der Waals surface area (Å²) in [6.45, 7) is 0.0601. The monoisotopic (exact) mass is 392 g/mol. The van der Waals surface area contributed by atoms with Crippen LogP contribution in [0.4, 0.5) is 0 Å². The number of benzene rings is 1. The van der Waals surface area contributed by atoms with Crippen molar-refractivity contribution in [2.24, 2.45) is 0 Å². The van der Waals surface area contributed by atoms with Crippen molar-refractivity contribution in [2.75, 3.05) is 13.7 Å². The van der Waals surface area contributed by atoms with E-state index in [9.17, 15) is 4.79 Å².